The van der Waals surface area contributed by atoms with Crippen molar-refractivity contribution in [2.24, 2.45) is 5.92 Å². The van der Waals surface area contributed by atoms with E-state index >= 15 is 0 Å². The minimum Gasteiger partial charge on any atom is -0.295 e. The smallest absolute Gasteiger partial charge is 0.159 e. The van der Waals surface area contributed by atoms with Crippen molar-refractivity contribution < 1.29 is 9.59 Å². The van der Waals surface area contributed by atoms with Crippen LogP contribution >= 0.6 is 0 Å². The number of carbonyl (C=O) groups is 2. The number of Topliss-reactive ketones (excluding diaryl/α,β-unsaturated/α-hetero) is 2. The van der Waals surface area contributed by atoms with Gasteiger partial charge < -0.3 is 0 Å². The zero-order valence-corrected chi connectivity index (χ0v) is 7.93. The molecule has 0 heterocycles. The van der Waals surface area contributed by atoms with E-state index in [0.717, 1.165) is 30.4 Å². The van der Waals surface area contributed by atoms with Crippen molar-refractivity contribution in [2.45, 2.75) is 39.0 Å². The van der Waals surface area contributed by atoms with Gasteiger partial charge in [-0.15, -0.1) is 0 Å². The first-order valence-corrected chi connectivity index (χ1v) is 4.97. The first-order valence-electron chi connectivity index (χ1n) is 4.97. The van der Waals surface area contributed by atoms with Gasteiger partial charge in [0, 0.05) is 18.4 Å². The molecule has 0 bridgehead atoms. The summed E-state index contributed by atoms with van der Waals surface area (Å²) in [7, 11) is 0. The topological polar surface area (TPSA) is 34.1 Å². The van der Waals surface area contributed by atoms with Gasteiger partial charge in [0.1, 0.15) is 0 Å². The summed E-state index contributed by atoms with van der Waals surface area (Å²) < 4.78 is 0. The zero-order chi connectivity index (χ0) is 9.42. The Labute approximate surface area is 78.0 Å². The lowest BCUT2D eigenvalue weighted by Crippen LogP contribution is -2.06. The van der Waals surface area contributed by atoms with Gasteiger partial charge in [-0.2, -0.15) is 0 Å². The van der Waals surface area contributed by atoms with Crippen molar-refractivity contribution in [1.29, 1.82) is 0 Å². The molecular weight excluding hydrogens is 164 g/mol. The quantitative estimate of drug-likeness (QED) is 0.568. The van der Waals surface area contributed by atoms with E-state index in [9.17, 15) is 9.59 Å². The highest BCUT2D eigenvalue weighted by molar-refractivity contribution is 6.10. The summed E-state index contributed by atoms with van der Waals surface area (Å²) in [5, 5.41) is 0. The van der Waals surface area contributed by atoms with Gasteiger partial charge in [0.2, 0.25) is 0 Å². The summed E-state index contributed by atoms with van der Waals surface area (Å²) in [6.45, 7) is 1.81. The van der Waals surface area contributed by atoms with E-state index in [1.165, 1.54) is 0 Å². The lowest BCUT2D eigenvalue weighted by atomic mass is 9.95. The van der Waals surface area contributed by atoms with Crippen molar-refractivity contribution in [3.05, 3.63) is 11.1 Å². The summed E-state index contributed by atoms with van der Waals surface area (Å²) in [5.74, 6) is 0.684. The maximum Gasteiger partial charge on any atom is 0.159 e. The number of ketones is 2. The molecule has 0 amide bonds. The molecule has 2 nitrogen and oxygen atoms in total. The Hall–Kier alpha value is -0.920. The summed E-state index contributed by atoms with van der Waals surface area (Å²) >= 11 is 0. The fourth-order valence-electron chi connectivity index (χ4n) is 2.43. The van der Waals surface area contributed by atoms with Crippen LogP contribution in [0.1, 0.15) is 39.0 Å². The van der Waals surface area contributed by atoms with E-state index in [2.05, 4.69) is 0 Å². The summed E-state index contributed by atoms with van der Waals surface area (Å²) in [6, 6.07) is 0. The fourth-order valence-corrected chi connectivity index (χ4v) is 2.43. The van der Waals surface area contributed by atoms with Gasteiger partial charge in [0.25, 0.3) is 0 Å². The van der Waals surface area contributed by atoms with Gasteiger partial charge in [-0.25, -0.2) is 0 Å². The third kappa shape index (κ3) is 1.34. The van der Waals surface area contributed by atoms with Crippen LogP contribution in [-0.4, -0.2) is 11.6 Å². The van der Waals surface area contributed by atoms with E-state index < -0.39 is 0 Å². The largest absolute Gasteiger partial charge is 0.295 e. The SMILES string of the molecule is CC1=C2C(=O)CCCCC2CC1=O. The average Bonchev–Trinajstić information content (AvgIpc) is 2.29. The third-order valence-corrected chi connectivity index (χ3v) is 3.17. The van der Waals surface area contributed by atoms with Crippen LogP contribution in [0.5, 0.6) is 0 Å². The normalized spacial score (nSPS) is 29.2. The molecule has 13 heavy (non-hydrogen) atoms. The van der Waals surface area contributed by atoms with Crippen molar-refractivity contribution >= 4 is 11.6 Å². The maximum atomic E-state index is 11.6. The number of allylic oxidation sites excluding steroid dienone is 2. The first kappa shape index (κ1) is 8.67. The molecule has 0 spiro atoms. The van der Waals surface area contributed by atoms with Crippen molar-refractivity contribution in [2.75, 3.05) is 0 Å². The molecule has 1 saturated carbocycles. The number of hydrogen-bond donors (Lipinski definition) is 0. The highest BCUT2D eigenvalue weighted by Crippen LogP contribution is 2.36. The molecule has 2 rings (SSSR count). The number of fused-ring (bicyclic) bond motifs is 1. The van der Waals surface area contributed by atoms with Crippen LogP contribution in [0.15, 0.2) is 11.1 Å². The predicted molar refractivity (Wildman–Crippen MR) is 49.3 cm³/mol. The molecular formula is C11H14O2. The molecule has 2 heteroatoms. The Morgan fingerprint density at radius 3 is 2.69 bits per heavy atom. The second-order valence-electron chi connectivity index (χ2n) is 4.03. The van der Waals surface area contributed by atoms with Gasteiger partial charge in [0.05, 0.1) is 0 Å². The number of carbonyl (C=O) groups excluding carboxylic acids is 2. The number of hydrogen-bond acceptors (Lipinski definition) is 2. The first-order chi connectivity index (χ1) is 6.20. The van der Waals surface area contributed by atoms with Crippen LogP contribution < -0.4 is 0 Å². The summed E-state index contributed by atoms with van der Waals surface area (Å²) in [6.07, 6.45) is 4.37. The molecule has 0 radical (unpaired) electrons. The number of rotatable bonds is 0. The van der Waals surface area contributed by atoms with Crippen molar-refractivity contribution in [3.8, 4) is 0 Å². The van der Waals surface area contributed by atoms with Crippen LogP contribution in [0.2, 0.25) is 0 Å². The van der Waals surface area contributed by atoms with E-state index in [-0.39, 0.29) is 17.5 Å². The van der Waals surface area contributed by atoms with Gasteiger partial charge in [-0.1, -0.05) is 6.42 Å². The second kappa shape index (κ2) is 3.09. The lowest BCUT2D eigenvalue weighted by Gasteiger charge is -2.07. The lowest BCUT2D eigenvalue weighted by molar-refractivity contribution is -0.116. The Morgan fingerprint density at radius 2 is 1.92 bits per heavy atom. The van der Waals surface area contributed by atoms with Crippen LogP contribution in [0.4, 0.5) is 0 Å². The van der Waals surface area contributed by atoms with Crippen molar-refractivity contribution in [3.63, 3.8) is 0 Å². The van der Waals surface area contributed by atoms with Gasteiger partial charge >= 0.3 is 0 Å². The van der Waals surface area contributed by atoms with Gasteiger partial charge in [-0.05, 0) is 31.3 Å². The maximum absolute atomic E-state index is 11.6. The van der Waals surface area contributed by atoms with Crippen LogP contribution in [0.25, 0.3) is 0 Å². The molecule has 70 valence electrons. The van der Waals surface area contributed by atoms with Crippen molar-refractivity contribution in [1.82, 2.24) is 0 Å². The van der Waals surface area contributed by atoms with Crippen LogP contribution in [0.3, 0.4) is 0 Å². The highest BCUT2D eigenvalue weighted by Gasteiger charge is 2.34. The third-order valence-electron chi connectivity index (χ3n) is 3.17. The standard InChI is InChI=1S/C11H14O2/c1-7-10(13)6-8-4-2-3-5-9(12)11(7)8/h8H,2-6H2,1H3. The molecule has 1 unspecified atom stereocenters. The molecule has 0 aromatic rings. The zero-order valence-electron chi connectivity index (χ0n) is 7.93. The summed E-state index contributed by atoms with van der Waals surface area (Å²) in [4.78, 5) is 23.0. The van der Waals surface area contributed by atoms with E-state index in [1.54, 1.807) is 6.92 Å². The molecule has 1 fully saturated rings. The van der Waals surface area contributed by atoms with Gasteiger partial charge in [0.15, 0.2) is 11.6 Å². The predicted octanol–water partition coefficient (Wildman–Crippen LogP) is 2.04. The molecule has 0 aliphatic heterocycles. The Bertz CT molecular complexity index is 299. The highest BCUT2D eigenvalue weighted by atomic mass is 16.1. The van der Waals surface area contributed by atoms with E-state index in [4.69, 9.17) is 0 Å². The Balaban J connectivity index is 2.38. The molecule has 0 aromatic carbocycles. The van der Waals surface area contributed by atoms with E-state index in [1.807, 2.05) is 0 Å². The minimum absolute atomic E-state index is 0.190. The molecule has 0 aromatic heterocycles. The second-order valence-corrected chi connectivity index (χ2v) is 4.03. The molecule has 0 saturated heterocycles. The average molecular weight is 178 g/mol. The fraction of sp³-hybridized carbons (Fsp3) is 0.636. The molecule has 2 aliphatic rings. The molecule has 0 N–H and O–H groups in total. The molecule has 1 atom stereocenters. The monoisotopic (exact) mass is 178 g/mol. The van der Waals surface area contributed by atoms with Gasteiger partial charge in [-0.3, -0.25) is 9.59 Å². The van der Waals surface area contributed by atoms with E-state index in [0.29, 0.717) is 12.8 Å². The minimum atomic E-state index is 0.190. The van der Waals surface area contributed by atoms with Crippen LogP contribution in [-0.2, 0) is 9.59 Å². The van der Waals surface area contributed by atoms with Crippen LogP contribution in [0, 0.1) is 5.92 Å². The molecule has 2 aliphatic carbocycles. The Kier molecular flexibility index (Phi) is 2.06. The Morgan fingerprint density at radius 1 is 1.15 bits per heavy atom. The summed E-state index contributed by atoms with van der Waals surface area (Å²) in [5.41, 5.74) is 1.61.